The van der Waals surface area contributed by atoms with Crippen molar-refractivity contribution in [1.82, 2.24) is 0 Å². The lowest BCUT2D eigenvalue weighted by Gasteiger charge is -2.27. The zero-order valence-electron chi connectivity index (χ0n) is 10.6. The van der Waals surface area contributed by atoms with Gasteiger partial charge in [0.15, 0.2) is 0 Å². The summed E-state index contributed by atoms with van der Waals surface area (Å²) in [4.78, 5) is 11.4. The second kappa shape index (κ2) is 6.48. The lowest BCUT2D eigenvalue weighted by Crippen LogP contribution is -2.44. The monoisotopic (exact) mass is 345 g/mol. The van der Waals surface area contributed by atoms with Gasteiger partial charge in [-0.2, -0.15) is 17.6 Å². The van der Waals surface area contributed by atoms with Gasteiger partial charge in [-0.15, -0.1) is 0 Å². The van der Waals surface area contributed by atoms with E-state index >= 15 is 0 Å². The molecular weight excluding hydrogens is 336 g/mol. The summed E-state index contributed by atoms with van der Waals surface area (Å²) < 4.78 is 75.9. The number of phenolic OH excluding ortho intramolecular Hbond substituents is 2. The van der Waals surface area contributed by atoms with Crippen LogP contribution in [0.3, 0.4) is 0 Å². The Morgan fingerprint density at radius 1 is 1.18 bits per heavy atom. The van der Waals surface area contributed by atoms with Crippen LogP contribution >= 0.6 is 0 Å². The molecule has 1 aromatic carbocycles. The van der Waals surface area contributed by atoms with Crippen LogP contribution in [0.1, 0.15) is 16.8 Å². The molecule has 1 rings (SSSR count). The lowest BCUT2D eigenvalue weighted by atomic mass is 10.2. The van der Waals surface area contributed by atoms with Gasteiger partial charge in [-0.25, -0.2) is 4.79 Å². The van der Waals surface area contributed by atoms with E-state index in [0.717, 1.165) is 18.2 Å². The molecular formula is C11H9F4O6S-. The third kappa shape index (κ3) is 4.07. The number of carbonyl (C=O) groups excluding carboxylic acids is 1. The molecule has 1 aromatic rings. The maximum Gasteiger partial charge on any atom is 0.371 e. The molecule has 22 heavy (non-hydrogen) atoms. The SMILES string of the molecule is O=C(OCCC(F)(F)C(F)(F)S(=O)[O-])c1cc(O)cc(O)c1. The Hall–Kier alpha value is -1.88. The van der Waals surface area contributed by atoms with Gasteiger partial charge in [0.25, 0.3) is 0 Å². The van der Waals surface area contributed by atoms with Gasteiger partial charge in [0.05, 0.1) is 18.6 Å². The van der Waals surface area contributed by atoms with Gasteiger partial charge in [0.1, 0.15) is 11.5 Å². The second-order valence-corrected chi connectivity index (χ2v) is 5.06. The summed E-state index contributed by atoms with van der Waals surface area (Å²) >= 11 is -4.34. The number of aromatic hydroxyl groups is 2. The Balaban J connectivity index is 2.67. The van der Waals surface area contributed by atoms with Crippen molar-refractivity contribution < 1.29 is 46.1 Å². The van der Waals surface area contributed by atoms with E-state index < -0.39 is 58.3 Å². The zero-order valence-corrected chi connectivity index (χ0v) is 11.4. The quantitative estimate of drug-likeness (QED) is 0.462. The minimum absolute atomic E-state index is 0.403. The molecule has 1 unspecified atom stereocenters. The van der Waals surface area contributed by atoms with Crippen molar-refractivity contribution in [1.29, 1.82) is 0 Å². The van der Waals surface area contributed by atoms with Gasteiger partial charge in [0, 0.05) is 17.1 Å². The molecule has 0 saturated carbocycles. The maximum absolute atomic E-state index is 13.0. The molecule has 6 nitrogen and oxygen atoms in total. The third-order valence-corrected chi connectivity index (χ3v) is 3.14. The van der Waals surface area contributed by atoms with E-state index in [-0.39, 0.29) is 0 Å². The molecule has 0 aliphatic rings. The highest BCUT2D eigenvalue weighted by Gasteiger charge is 2.57. The van der Waals surface area contributed by atoms with E-state index in [1.807, 2.05) is 0 Å². The molecule has 1 atom stereocenters. The van der Waals surface area contributed by atoms with Crippen molar-refractivity contribution in [2.24, 2.45) is 0 Å². The highest BCUT2D eigenvalue weighted by Crippen LogP contribution is 2.38. The number of alkyl halides is 4. The molecule has 0 aliphatic heterocycles. The van der Waals surface area contributed by atoms with E-state index in [1.165, 1.54) is 0 Å². The number of hydrogen-bond donors (Lipinski definition) is 2. The molecule has 0 amide bonds. The molecule has 0 heterocycles. The average Bonchev–Trinajstić information content (AvgIpc) is 2.36. The molecule has 0 saturated heterocycles. The van der Waals surface area contributed by atoms with E-state index in [0.29, 0.717) is 0 Å². The summed E-state index contributed by atoms with van der Waals surface area (Å²) in [5, 5.41) is 12.9. The number of carbonyl (C=O) groups is 1. The second-order valence-electron chi connectivity index (χ2n) is 4.08. The van der Waals surface area contributed by atoms with Gasteiger partial charge in [-0.3, -0.25) is 4.21 Å². The van der Waals surface area contributed by atoms with Crippen LogP contribution in [0.5, 0.6) is 11.5 Å². The third-order valence-electron chi connectivity index (χ3n) is 2.42. The normalized spacial score (nSPS) is 13.7. The molecule has 0 spiro atoms. The fraction of sp³-hybridized carbons (Fsp3) is 0.364. The number of esters is 1. The van der Waals surface area contributed by atoms with Gasteiger partial charge in [-0.1, -0.05) is 0 Å². The van der Waals surface area contributed by atoms with E-state index in [1.54, 1.807) is 0 Å². The minimum Gasteiger partial charge on any atom is -0.768 e. The predicted molar refractivity (Wildman–Crippen MR) is 63.5 cm³/mol. The van der Waals surface area contributed by atoms with Crippen LogP contribution in [0.2, 0.25) is 0 Å². The zero-order chi connectivity index (χ0) is 17.1. The molecule has 11 heteroatoms. The molecule has 0 bridgehead atoms. The van der Waals surface area contributed by atoms with Crippen molar-refractivity contribution in [2.75, 3.05) is 6.61 Å². The van der Waals surface area contributed by atoms with Crippen LogP contribution in [0.4, 0.5) is 17.6 Å². The summed E-state index contributed by atoms with van der Waals surface area (Å²) in [7, 11) is 0. The van der Waals surface area contributed by atoms with Crippen molar-refractivity contribution in [3.63, 3.8) is 0 Å². The van der Waals surface area contributed by atoms with Crippen LogP contribution in [0.15, 0.2) is 18.2 Å². The fourth-order valence-electron chi connectivity index (χ4n) is 1.34. The Kier molecular flexibility index (Phi) is 5.35. The highest BCUT2D eigenvalue weighted by molar-refractivity contribution is 7.80. The van der Waals surface area contributed by atoms with Gasteiger partial charge >= 0.3 is 17.1 Å². The summed E-state index contributed by atoms with van der Waals surface area (Å²) in [5.74, 6) is -7.22. The van der Waals surface area contributed by atoms with Crippen LogP contribution in [-0.4, -0.2) is 42.7 Å². The summed E-state index contributed by atoms with van der Waals surface area (Å²) in [6.07, 6.45) is -1.73. The van der Waals surface area contributed by atoms with Crippen molar-refractivity contribution in [2.45, 2.75) is 17.6 Å². The first kappa shape index (κ1) is 18.2. The van der Waals surface area contributed by atoms with Gasteiger partial charge in [-0.05, 0) is 12.1 Å². The Morgan fingerprint density at radius 3 is 2.14 bits per heavy atom. The smallest absolute Gasteiger partial charge is 0.371 e. The van der Waals surface area contributed by atoms with E-state index in [9.17, 15) is 31.1 Å². The predicted octanol–water partition coefficient (Wildman–Crippen LogP) is 1.75. The van der Waals surface area contributed by atoms with Crippen LogP contribution in [-0.2, 0) is 15.8 Å². The number of ether oxygens (including phenoxy) is 1. The highest BCUT2D eigenvalue weighted by atomic mass is 32.2. The Labute approximate surface area is 123 Å². The molecule has 124 valence electrons. The van der Waals surface area contributed by atoms with Gasteiger partial charge < -0.3 is 19.5 Å². The average molecular weight is 345 g/mol. The Bertz CT molecular complexity index is 572. The maximum atomic E-state index is 13.0. The van der Waals surface area contributed by atoms with Crippen molar-refractivity contribution >= 4 is 17.0 Å². The number of phenols is 2. The topological polar surface area (TPSA) is 107 Å². The summed E-state index contributed by atoms with van der Waals surface area (Å²) in [6, 6.07) is 2.58. The van der Waals surface area contributed by atoms with Crippen molar-refractivity contribution in [3.05, 3.63) is 23.8 Å². The van der Waals surface area contributed by atoms with Gasteiger partial charge in [0.2, 0.25) is 0 Å². The van der Waals surface area contributed by atoms with E-state index in [2.05, 4.69) is 4.74 Å². The number of halogens is 4. The standard InChI is InChI=1S/C11H10F4O6S/c12-10(13,11(14,15)22(19)20)1-2-21-9(18)6-3-7(16)5-8(17)4-6/h3-5,16-17H,1-2H2,(H,19,20)/p-1. The first-order valence-electron chi connectivity index (χ1n) is 5.52. The van der Waals surface area contributed by atoms with Crippen LogP contribution in [0.25, 0.3) is 0 Å². The molecule has 0 aliphatic carbocycles. The number of hydrogen-bond acceptors (Lipinski definition) is 6. The number of rotatable bonds is 6. The van der Waals surface area contributed by atoms with Crippen LogP contribution < -0.4 is 0 Å². The number of benzene rings is 1. The first-order valence-corrected chi connectivity index (χ1v) is 6.60. The minimum atomic E-state index is -5.30. The fourth-order valence-corrected chi connectivity index (χ4v) is 1.68. The molecule has 0 aromatic heterocycles. The van der Waals surface area contributed by atoms with Crippen molar-refractivity contribution in [3.8, 4) is 11.5 Å². The summed E-state index contributed by atoms with van der Waals surface area (Å²) in [5.41, 5.74) is -0.403. The molecule has 0 fully saturated rings. The Morgan fingerprint density at radius 2 is 1.68 bits per heavy atom. The first-order chi connectivity index (χ1) is 9.97. The largest absolute Gasteiger partial charge is 0.768 e. The molecule has 0 radical (unpaired) electrons. The summed E-state index contributed by atoms with van der Waals surface area (Å²) in [6.45, 7) is -1.20. The lowest BCUT2D eigenvalue weighted by molar-refractivity contribution is -0.166. The van der Waals surface area contributed by atoms with Crippen LogP contribution in [0, 0.1) is 0 Å². The molecule has 2 N–H and O–H groups in total. The van der Waals surface area contributed by atoms with E-state index in [4.69, 9.17) is 10.2 Å².